The number of aromatic nitrogens is 3. The van der Waals surface area contributed by atoms with E-state index in [0.29, 0.717) is 22.6 Å². The molecule has 0 radical (unpaired) electrons. The first-order chi connectivity index (χ1) is 12.0. The van der Waals surface area contributed by atoms with Gasteiger partial charge in [-0.2, -0.15) is 10.1 Å². The van der Waals surface area contributed by atoms with Gasteiger partial charge in [0, 0.05) is 31.4 Å². The van der Waals surface area contributed by atoms with Crippen molar-refractivity contribution in [1.82, 2.24) is 14.3 Å². The largest absolute Gasteiger partial charge is 0.312 e. The van der Waals surface area contributed by atoms with Gasteiger partial charge in [-0.15, -0.1) is 6.58 Å². The van der Waals surface area contributed by atoms with E-state index in [-0.39, 0.29) is 11.4 Å². The highest BCUT2D eigenvalue weighted by Gasteiger charge is 2.13. The number of hydrogen-bond donors (Lipinski definition) is 0. The zero-order valence-corrected chi connectivity index (χ0v) is 14.3. The van der Waals surface area contributed by atoms with Gasteiger partial charge in [-0.25, -0.2) is 0 Å². The molecule has 0 saturated heterocycles. The summed E-state index contributed by atoms with van der Waals surface area (Å²) in [5, 5.41) is 15.1. The Morgan fingerprint density at radius 2 is 2.28 bits per heavy atom. The van der Waals surface area contributed by atoms with Gasteiger partial charge in [0.1, 0.15) is 0 Å². The molecule has 0 saturated carbocycles. The van der Waals surface area contributed by atoms with Crippen LogP contribution >= 0.6 is 11.3 Å². The maximum atomic E-state index is 12.4. The molecule has 0 atom stereocenters. The molecule has 0 aliphatic heterocycles. The summed E-state index contributed by atoms with van der Waals surface area (Å²) < 4.78 is 4.13. The number of nitro benzene ring substituents is 1. The lowest BCUT2D eigenvalue weighted by atomic mass is 10.3. The van der Waals surface area contributed by atoms with E-state index in [4.69, 9.17) is 0 Å². The molecular formula is C16H15N5O3S. The number of nitrogens with zero attached hydrogens (tertiary/aromatic N) is 5. The van der Waals surface area contributed by atoms with Crippen molar-refractivity contribution in [2.45, 2.75) is 20.0 Å². The summed E-state index contributed by atoms with van der Waals surface area (Å²) in [6.45, 7) is 6.74. The highest BCUT2D eigenvalue weighted by molar-refractivity contribution is 7.16. The standard InChI is InChI=1S/C16H15N5O3S/c1-3-8-20-13-6-5-11(21(23)24)10-14(13)25-16(20)17-15(22)12-7-9-19(4-2)18-12/h3,5-7,9-10H,1,4,8H2,2H3. The molecule has 2 aromatic heterocycles. The fourth-order valence-electron chi connectivity index (χ4n) is 2.36. The maximum Gasteiger partial charge on any atom is 0.300 e. The summed E-state index contributed by atoms with van der Waals surface area (Å²) in [6, 6.07) is 6.19. The zero-order valence-electron chi connectivity index (χ0n) is 13.5. The molecule has 0 aliphatic carbocycles. The molecule has 25 heavy (non-hydrogen) atoms. The van der Waals surface area contributed by atoms with Crippen molar-refractivity contribution in [1.29, 1.82) is 0 Å². The predicted molar refractivity (Wildman–Crippen MR) is 94.5 cm³/mol. The van der Waals surface area contributed by atoms with Crippen LogP contribution in [0.1, 0.15) is 17.4 Å². The van der Waals surface area contributed by atoms with Gasteiger partial charge in [0.25, 0.3) is 11.6 Å². The third-order valence-electron chi connectivity index (χ3n) is 3.57. The van der Waals surface area contributed by atoms with Crippen LogP contribution in [-0.2, 0) is 13.1 Å². The molecule has 3 rings (SSSR count). The number of hydrogen-bond acceptors (Lipinski definition) is 5. The van der Waals surface area contributed by atoms with Gasteiger partial charge in [-0.1, -0.05) is 17.4 Å². The van der Waals surface area contributed by atoms with Gasteiger partial charge >= 0.3 is 0 Å². The first kappa shape index (κ1) is 16.8. The fourth-order valence-corrected chi connectivity index (χ4v) is 3.43. The summed E-state index contributed by atoms with van der Waals surface area (Å²) in [4.78, 5) is 27.5. The average Bonchev–Trinajstić information content (AvgIpc) is 3.20. The number of allylic oxidation sites excluding steroid dienone is 1. The molecule has 0 unspecified atom stereocenters. The Bertz CT molecular complexity index is 1040. The molecule has 0 bridgehead atoms. The lowest BCUT2D eigenvalue weighted by Crippen LogP contribution is -2.16. The Morgan fingerprint density at radius 1 is 1.48 bits per heavy atom. The SMILES string of the molecule is C=CCn1c(=NC(=O)c2ccn(CC)n2)sc2cc([N+](=O)[O-])ccc21. The van der Waals surface area contributed by atoms with Crippen molar-refractivity contribution >= 4 is 33.1 Å². The molecule has 2 heterocycles. The van der Waals surface area contributed by atoms with Crippen molar-refractivity contribution in [3.05, 3.63) is 63.7 Å². The predicted octanol–water partition coefficient (Wildman–Crippen LogP) is 2.75. The lowest BCUT2D eigenvalue weighted by molar-refractivity contribution is -0.384. The van der Waals surface area contributed by atoms with Crippen LogP contribution in [0.5, 0.6) is 0 Å². The summed E-state index contributed by atoms with van der Waals surface area (Å²) in [7, 11) is 0. The number of benzene rings is 1. The van der Waals surface area contributed by atoms with Crippen LogP contribution in [0, 0.1) is 10.1 Å². The third kappa shape index (κ3) is 3.26. The Labute approximate surface area is 146 Å². The quantitative estimate of drug-likeness (QED) is 0.398. The van der Waals surface area contributed by atoms with Crippen LogP contribution in [0.15, 0.2) is 48.1 Å². The Hall–Kier alpha value is -3.07. The molecular weight excluding hydrogens is 342 g/mol. The molecule has 128 valence electrons. The van der Waals surface area contributed by atoms with E-state index < -0.39 is 10.8 Å². The Morgan fingerprint density at radius 3 is 2.92 bits per heavy atom. The van der Waals surface area contributed by atoms with Crippen molar-refractivity contribution in [2.75, 3.05) is 0 Å². The number of nitro groups is 1. The van der Waals surface area contributed by atoms with Crippen LogP contribution in [0.4, 0.5) is 5.69 Å². The van der Waals surface area contributed by atoms with Crippen molar-refractivity contribution in [2.24, 2.45) is 4.99 Å². The van der Waals surface area contributed by atoms with Gasteiger partial charge < -0.3 is 4.57 Å². The molecule has 0 N–H and O–H groups in total. The minimum Gasteiger partial charge on any atom is -0.312 e. The Kier molecular flexibility index (Phi) is 4.57. The van der Waals surface area contributed by atoms with Crippen molar-refractivity contribution in [3.63, 3.8) is 0 Å². The number of amides is 1. The molecule has 0 spiro atoms. The zero-order chi connectivity index (χ0) is 18.0. The van der Waals surface area contributed by atoms with Crippen LogP contribution in [0.2, 0.25) is 0 Å². The summed E-state index contributed by atoms with van der Waals surface area (Å²) in [5.74, 6) is -0.453. The molecule has 8 nitrogen and oxygen atoms in total. The van der Waals surface area contributed by atoms with Gasteiger partial charge in [0.05, 0.1) is 15.1 Å². The van der Waals surface area contributed by atoms with Crippen molar-refractivity contribution < 1.29 is 9.72 Å². The van der Waals surface area contributed by atoms with Crippen LogP contribution < -0.4 is 4.80 Å². The average molecular weight is 357 g/mol. The maximum absolute atomic E-state index is 12.4. The topological polar surface area (TPSA) is 95.3 Å². The smallest absolute Gasteiger partial charge is 0.300 e. The monoisotopic (exact) mass is 357 g/mol. The van der Waals surface area contributed by atoms with Gasteiger partial charge in [0.2, 0.25) is 0 Å². The normalized spacial score (nSPS) is 11.8. The minimum absolute atomic E-state index is 0.000863. The molecule has 1 amide bonds. The first-order valence-electron chi connectivity index (χ1n) is 7.54. The minimum atomic E-state index is -0.453. The number of rotatable bonds is 5. The van der Waals surface area contributed by atoms with E-state index in [1.165, 1.54) is 23.5 Å². The highest BCUT2D eigenvalue weighted by atomic mass is 32.1. The fraction of sp³-hybridized carbons (Fsp3) is 0.188. The second-order valence-electron chi connectivity index (χ2n) is 5.17. The number of aryl methyl sites for hydroxylation is 1. The molecule has 0 aliphatic rings. The number of carbonyl (C=O) groups excluding carboxylic acids is 1. The van der Waals surface area contributed by atoms with Crippen LogP contribution in [-0.4, -0.2) is 25.2 Å². The molecule has 3 aromatic rings. The van der Waals surface area contributed by atoms with Gasteiger partial charge in [0.15, 0.2) is 10.5 Å². The number of non-ortho nitro benzene ring substituents is 1. The van der Waals surface area contributed by atoms with E-state index in [9.17, 15) is 14.9 Å². The van der Waals surface area contributed by atoms with E-state index in [1.807, 2.05) is 6.92 Å². The molecule has 9 heteroatoms. The van der Waals surface area contributed by atoms with Crippen LogP contribution in [0.25, 0.3) is 10.2 Å². The number of carbonyl (C=O) groups is 1. The second kappa shape index (κ2) is 6.81. The van der Waals surface area contributed by atoms with Gasteiger partial charge in [-0.05, 0) is 19.1 Å². The third-order valence-corrected chi connectivity index (χ3v) is 4.61. The van der Waals surface area contributed by atoms with Crippen LogP contribution in [0.3, 0.4) is 0 Å². The van der Waals surface area contributed by atoms with Crippen molar-refractivity contribution in [3.8, 4) is 0 Å². The molecule has 1 aromatic carbocycles. The van der Waals surface area contributed by atoms with E-state index in [2.05, 4.69) is 16.7 Å². The molecule has 0 fully saturated rings. The summed E-state index contributed by atoms with van der Waals surface area (Å²) in [5.41, 5.74) is 1.02. The number of thiazole rings is 1. The summed E-state index contributed by atoms with van der Waals surface area (Å²) >= 11 is 1.22. The lowest BCUT2D eigenvalue weighted by Gasteiger charge is -2.00. The second-order valence-corrected chi connectivity index (χ2v) is 6.18. The van der Waals surface area contributed by atoms with Gasteiger partial charge in [-0.3, -0.25) is 19.6 Å². The number of fused-ring (bicyclic) bond motifs is 1. The Balaban J connectivity index is 2.12. The van der Waals surface area contributed by atoms with E-state index in [0.717, 1.165) is 5.52 Å². The highest BCUT2D eigenvalue weighted by Crippen LogP contribution is 2.23. The first-order valence-corrected chi connectivity index (χ1v) is 8.36. The van der Waals surface area contributed by atoms with E-state index in [1.54, 1.807) is 33.7 Å². The summed E-state index contributed by atoms with van der Waals surface area (Å²) in [6.07, 6.45) is 3.40. The van der Waals surface area contributed by atoms with E-state index >= 15 is 0 Å².